The number of anilines is 2. The molecule has 0 saturated carbocycles. The fraction of sp³-hybridized carbons (Fsp3) is 0.125. The molecular weight excluding hydrogens is 282 g/mol. The average Bonchev–Trinajstić information content (AvgIpc) is 2.80. The molecule has 0 saturated heterocycles. The highest BCUT2D eigenvalue weighted by Gasteiger charge is 2.17. The molecule has 0 atom stereocenters. The number of aryl methyl sites for hydroxylation is 2. The molecule has 0 unspecified atom stereocenters. The van der Waals surface area contributed by atoms with Crippen LogP contribution < -0.4 is 11.1 Å². The van der Waals surface area contributed by atoms with Gasteiger partial charge in [0.25, 0.3) is 5.91 Å². The number of hydrogen-bond acceptors (Lipinski definition) is 4. The van der Waals surface area contributed by atoms with E-state index in [-0.39, 0.29) is 5.91 Å². The number of carbonyl (C=O) groups excluding carboxylic acids is 1. The van der Waals surface area contributed by atoms with Crippen LogP contribution in [0.15, 0.2) is 36.5 Å². The Labute approximate surface area is 126 Å². The first-order valence-electron chi connectivity index (χ1n) is 6.58. The van der Waals surface area contributed by atoms with E-state index in [9.17, 15) is 4.79 Å². The smallest absolute Gasteiger partial charge is 0.267 e. The van der Waals surface area contributed by atoms with Crippen LogP contribution in [-0.2, 0) is 0 Å². The Morgan fingerprint density at radius 3 is 2.81 bits per heavy atom. The lowest BCUT2D eigenvalue weighted by Crippen LogP contribution is -2.12. The minimum Gasteiger partial charge on any atom is -0.397 e. The van der Waals surface area contributed by atoms with E-state index >= 15 is 0 Å². The van der Waals surface area contributed by atoms with Crippen LogP contribution in [-0.4, -0.2) is 10.9 Å². The number of amides is 1. The summed E-state index contributed by atoms with van der Waals surface area (Å²) in [5.41, 5.74) is 9.55. The molecule has 0 radical (unpaired) electrons. The fourth-order valence-electron chi connectivity index (χ4n) is 2.25. The highest BCUT2D eigenvalue weighted by Crippen LogP contribution is 2.32. The lowest BCUT2D eigenvalue weighted by molar-refractivity contribution is 0.103. The number of benzene rings is 1. The van der Waals surface area contributed by atoms with Crippen molar-refractivity contribution in [3.05, 3.63) is 52.5 Å². The SMILES string of the molecule is Cc1ccc(NC(=O)c2sc3ncccc3c2N)c(C)c1. The van der Waals surface area contributed by atoms with Crippen molar-refractivity contribution in [2.45, 2.75) is 13.8 Å². The van der Waals surface area contributed by atoms with Crippen LogP contribution in [0.2, 0.25) is 0 Å². The summed E-state index contributed by atoms with van der Waals surface area (Å²) in [6.07, 6.45) is 1.70. The molecule has 0 fully saturated rings. The van der Waals surface area contributed by atoms with Crippen molar-refractivity contribution in [1.29, 1.82) is 0 Å². The zero-order valence-electron chi connectivity index (χ0n) is 11.8. The second kappa shape index (κ2) is 5.18. The maximum absolute atomic E-state index is 12.4. The van der Waals surface area contributed by atoms with Gasteiger partial charge in [-0.05, 0) is 37.6 Å². The summed E-state index contributed by atoms with van der Waals surface area (Å²) in [6.45, 7) is 3.99. The molecule has 0 spiro atoms. The first-order chi connectivity index (χ1) is 10.1. The molecule has 4 nitrogen and oxygen atoms in total. The van der Waals surface area contributed by atoms with Gasteiger partial charge in [0.05, 0.1) is 5.69 Å². The Balaban J connectivity index is 1.95. The summed E-state index contributed by atoms with van der Waals surface area (Å²) in [4.78, 5) is 18.0. The number of aromatic nitrogens is 1. The molecule has 5 heteroatoms. The summed E-state index contributed by atoms with van der Waals surface area (Å²) in [5.74, 6) is -0.192. The molecule has 2 aromatic heterocycles. The molecule has 0 aliphatic carbocycles. The molecule has 0 aliphatic rings. The minimum atomic E-state index is -0.192. The topological polar surface area (TPSA) is 68.0 Å². The van der Waals surface area contributed by atoms with Crippen LogP contribution in [0.25, 0.3) is 10.2 Å². The van der Waals surface area contributed by atoms with Gasteiger partial charge in [0.1, 0.15) is 9.71 Å². The first-order valence-corrected chi connectivity index (χ1v) is 7.39. The molecular formula is C16H15N3OS. The maximum Gasteiger partial charge on any atom is 0.267 e. The third-order valence-electron chi connectivity index (χ3n) is 3.34. The van der Waals surface area contributed by atoms with Gasteiger partial charge < -0.3 is 11.1 Å². The van der Waals surface area contributed by atoms with Crippen molar-refractivity contribution >= 4 is 38.8 Å². The number of nitrogens with zero attached hydrogens (tertiary/aromatic N) is 1. The molecule has 21 heavy (non-hydrogen) atoms. The van der Waals surface area contributed by atoms with Gasteiger partial charge in [-0.1, -0.05) is 17.7 Å². The van der Waals surface area contributed by atoms with E-state index in [0.29, 0.717) is 10.6 Å². The number of fused-ring (bicyclic) bond motifs is 1. The number of nitrogens with two attached hydrogens (primary N) is 1. The number of thiophene rings is 1. The van der Waals surface area contributed by atoms with Crippen molar-refractivity contribution in [2.75, 3.05) is 11.1 Å². The predicted molar refractivity (Wildman–Crippen MR) is 87.9 cm³/mol. The quantitative estimate of drug-likeness (QED) is 0.757. The molecule has 1 aromatic carbocycles. The summed E-state index contributed by atoms with van der Waals surface area (Å²) < 4.78 is 0. The predicted octanol–water partition coefficient (Wildman–Crippen LogP) is 3.75. The Morgan fingerprint density at radius 1 is 1.29 bits per heavy atom. The van der Waals surface area contributed by atoms with Crippen molar-refractivity contribution in [3.8, 4) is 0 Å². The molecule has 0 aliphatic heterocycles. The molecule has 2 heterocycles. The highest BCUT2D eigenvalue weighted by atomic mass is 32.1. The zero-order valence-corrected chi connectivity index (χ0v) is 12.6. The number of nitrogens with one attached hydrogen (secondary N) is 1. The molecule has 1 amide bonds. The normalized spacial score (nSPS) is 10.8. The number of hydrogen-bond donors (Lipinski definition) is 2. The van der Waals surface area contributed by atoms with Crippen LogP contribution >= 0.6 is 11.3 Å². The summed E-state index contributed by atoms with van der Waals surface area (Å²) in [6, 6.07) is 9.60. The zero-order chi connectivity index (χ0) is 15.0. The van der Waals surface area contributed by atoms with Gasteiger partial charge in [-0.2, -0.15) is 0 Å². The van der Waals surface area contributed by atoms with E-state index in [1.54, 1.807) is 6.20 Å². The van der Waals surface area contributed by atoms with E-state index in [2.05, 4.69) is 10.3 Å². The Hall–Kier alpha value is -2.40. The monoisotopic (exact) mass is 297 g/mol. The van der Waals surface area contributed by atoms with Crippen LogP contribution in [0.4, 0.5) is 11.4 Å². The van der Waals surface area contributed by atoms with Crippen LogP contribution in [0.1, 0.15) is 20.8 Å². The maximum atomic E-state index is 12.4. The number of rotatable bonds is 2. The van der Waals surface area contributed by atoms with Gasteiger partial charge in [-0.15, -0.1) is 11.3 Å². The third kappa shape index (κ3) is 2.48. The van der Waals surface area contributed by atoms with E-state index in [4.69, 9.17) is 5.73 Å². The third-order valence-corrected chi connectivity index (χ3v) is 4.47. The fourth-order valence-corrected chi connectivity index (χ4v) is 3.21. The van der Waals surface area contributed by atoms with Crippen LogP contribution in [0.3, 0.4) is 0 Å². The molecule has 3 N–H and O–H groups in total. The van der Waals surface area contributed by atoms with Crippen LogP contribution in [0.5, 0.6) is 0 Å². The minimum absolute atomic E-state index is 0.192. The number of pyridine rings is 1. The standard InChI is InChI=1S/C16H15N3OS/c1-9-5-6-12(10(2)8-9)19-15(20)14-13(17)11-4-3-7-18-16(11)21-14/h3-8H,17H2,1-2H3,(H,19,20). The van der Waals surface area contributed by atoms with Crippen molar-refractivity contribution < 1.29 is 4.79 Å². The van der Waals surface area contributed by atoms with Gasteiger partial charge >= 0.3 is 0 Å². The average molecular weight is 297 g/mol. The lowest BCUT2D eigenvalue weighted by atomic mass is 10.1. The Kier molecular flexibility index (Phi) is 3.35. The highest BCUT2D eigenvalue weighted by molar-refractivity contribution is 7.21. The summed E-state index contributed by atoms with van der Waals surface area (Å²) >= 11 is 1.31. The molecule has 3 aromatic rings. The van der Waals surface area contributed by atoms with E-state index < -0.39 is 0 Å². The van der Waals surface area contributed by atoms with Crippen molar-refractivity contribution in [3.63, 3.8) is 0 Å². The van der Waals surface area contributed by atoms with Crippen LogP contribution in [0, 0.1) is 13.8 Å². The van der Waals surface area contributed by atoms with Gasteiger partial charge in [-0.3, -0.25) is 4.79 Å². The molecule has 106 valence electrons. The van der Waals surface area contributed by atoms with Gasteiger partial charge in [-0.25, -0.2) is 4.98 Å². The van der Waals surface area contributed by atoms with E-state index in [1.165, 1.54) is 11.3 Å². The second-order valence-electron chi connectivity index (χ2n) is 4.97. The van der Waals surface area contributed by atoms with Gasteiger partial charge in [0, 0.05) is 17.3 Å². The molecule has 0 bridgehead atoms. The summed E-state index contributed by atoms with van der Waals surface area (Å²) in [5, 5.41) is 3.75. The van der Waals surface area contributed by atoms with Gasteiger partial charge in [0.2, 0.25) is 0 Å². The Morgan fingerprint density at radius 2 is 2.10 bits per heavy atom. The van der Waals surface area contributed by atoms with Gasteiger partial charge in [0.15, 0.2) is 0 Å². The Bertz CT molecular complexity index is 839. The number of nitrogen functional groups attached to an aromatic ring is 1. The largest absolute Gasteiger partial charge is 0.397 e. The van der Waals surface area contributed by atoms with E-state index in [1.807, 2.05) is 44.2 Å². The van der Waals surface area contributed by atoms with Crippen molar-refractivity contribution in [2.24, 2.45) is 0 Å². The molecule has 3 rings (SSSR count). The van der Waals surface area contributed by atoms with E-state index in [0.717, 1.165) is 27.0 Å². The van der Waals surface area contributed by atoms with Crippen molar-refractivity contribution in [1.82, 2.24) is 4.98 Å². The number of carbonyl (C=O) groups is 1. The first kappa shape index (κ1) is 13.6. The second-order valence-corrected chi connectivity index (χ2v) is 5.97. The lowest BCUT2D eigenvalue weighted by Gasteiger charge is -2.08. The summed E-state index contributed by atoms with van der Waals surface area (Å²) in [7, 11) is 0.